The average molecular weight is 564 g/mol. The van der Waals surface area contributed by atoms with Gasteiger partial charge in [0.15, 0.2) is 0 Å². The Morgan fingerprint density at radius 1 is 1.03 bits per heavy atom. The molecule has 1 aromatic carbocycles. The smallest absolute Gasteiger partial charge is 0.258 e. The molecule has 12 heteroatoms. The van der Waals surface area contributed by atoms with Crippen LogP contribution >= 0.6 is 0 Å². The zero-order valence-electron chi connectivity index (χ0n) is 22.0. The number of nitrogens with zero attached hydrogens (tertiary/aromatic N) is 3. The van der Waals surface area contributed by atoms with Crippen LogP contribution in [0.1, 0.15) is 55.8 Å². The van der Waals surface area contributed by atoms with E-state index < -0.39 is 33.7 Å². The van der Waals surface area contributed by atoms with Gasteiger partial charge in [0.25, 0.3) is 11.8 Å². The number of aromatic nitrogens is 1. The summed E-state index contributed by atoms with van der Waals surface area (Å²) < 4.78 is 54.8. The molecule has 0 unspecified atom stereocenters. The van der Waals surface area contributed by atoms with Crippen LogP contribution in [0, 0.1) is 5.41 Å². The van der Waals surface area contributed by atoms with Crippen LogP contribution < -0.4 is 19.8 Å². The Balaban J connectivity index is 1.37. The van der Waals surface area contributed by atoms with Crippen molar-refractivity contribution in [3.8, 4) is 0 Å². The molecule has 1 saturated carbocycles. The van der Waals surface area contributed by atoms with Gasteiger partial charge in [-0.15, -0.1) is 0 Å². The lowest BCUT2D eigenvalue weighted by Crippen LogP contribution is -2.39. The monoisotopic (exact) mass is 563 g/mol. The molecule has 9 nitrogen and oxygen atoms in total. The third-order valence-corrected chi connectivity index (χ3v) is 9.93. The number of halogens is 2. The molecular weight excluding hydrogens is 528 g/mol. The zero-order chi connectivity index (χ0) is 27.8. The average Bonchev–Trinajstić information content (AvgIpc) is 3.67. The van der Waals surface area contributed by atoms with Crippen molar-refractivity contribution in [3.05, 3.63) is 42.0 Å². The van der Waals surface area contributed by atoms with Gasteiger partial charge in [0.1, 0.15) is 16.9 Å². The molecule has 0 radical (unpaired) electrons. The number of carbonyl (C=O) groups is 1. The van der Waals surface area contributed by atoms with Crippen molar-refractivity contribution >= 4 is 38.9 Å². The first-order valence-corrected chi connectivity index (χ1v) is 15.0. The molecule has 1 aliphatic carbocycles. The van der Waals surface area contributed by atoms with Crippen LogP contribution in [0.5, 0.6) is 0 Å². The highest BCUT2D eigenvalue weighted by Crippen LogP contribution is 2.54. The highest BCUT2D eigenvalue weighted by molar-refractivity contribution is 7.93. The second-order valence-electron chi connectivity index (χ2n) is 11.0. The third-order valence-electron chi connectivity index (χ3n) is 8.21. The van der Waals surface area contributed by atoms with Gasteiger partial charge in [-0.25, -0.2) is 22.2 Å². The van der Waals surface area contributed by atoms with E-state index in [1.165, 1.54) is 25.8 Å². The van der Waals surface area contributed by atoms with E-state index in [1.807, 2.05) is 0 Å². The van der Waals surface area contributed by atoms with Crippen LogP contribution in [0.3, 0.4) is 0 Å². The highest BCUT2D eigenvalue weighted by atomic mass is 32.2. The number of benzene rings is 1. The van der Waals surface area contributed by atoms with E-state index in [9.17, 15) is 27.1 Å². The van der Waals surface area contributed by atoms with Crippen molar-refractivity contribution in [3.63, 3.8) is 0 Å². The molecular formula is C27H35F2N5O4S. The molecule has 3 N–H and O–H groups in total. The van der Waals surface area contributed by atoms with Gasteiger partial charge in [-0.05, 0) is 68.4 Å². The van der Waals surface area contributed by atoms with Crippen molar-refractivity contribution in [2.75, 3.05) is 52.6 Å². The molecule has 3 fully saturated rings. The van der Waals surface area contributed by atoms with Gasteiger partial charge in [-0.2, -0.15) is 0 Å². The molecule has 1 spiro atoms. The summed E-state index contributed by atoms with van der Waals surface area (Å²) >= 11 is 0. The standard InChI is InChI=1S/C27H35F2N5O4S/c1-19(18-35)39(37,38)32-20-5-6-21(22(17-20)33-13-9-26(7-8-26)10-14-33)25(36)31-23-3-2-4-24(30-23)34-15-11-27(28,29)12-16-34/h2-6,17,19,32,35H,7-16,18H2,1H3,(H,30,31,36)/t19-/m1/s1. The van der Waals surface area contributed by atoms with E-state index in [1.54, 1.807) is 35.2 Å². The SMILES string of the molecule is C[C@H](CO)S(=O)(=O)Nc1ccc(C(=O)Nc2cccc(N3CCC(F)(F)CC3)n2)c(N2CCC3(CC2)CC3)c1. The predicted molar refractivity (Wildman–Crippen MR) is 147 cm³/mol. The number of amides is 1. The second-order valence-corrected chi connectivity index (χ2v) is 13.1. The number of rotatable bonds is 8. The number of alkyl halides is 2. The molecule has 0 bridgehead atoms. The molecule has 39 heavy (non-hydrogen) atoms. The number of nitrogens with one attached hydrogen (secondary N) is 2. The van der Waals surface area contributed by atoms with Crippen LogP contribution in [-0.2, 0) is 10.0 Å². The summed E-state index contributed by atoms with van der Waals surface area (Å²) in [5.74, 6) is -2.23. The number of aliphatic hydroxyl groups is 1. The molecule has 2 aliphatic heterocycles. The summed E-state index contributed by atoms with van der Waals surface area (Å²) in [6.07, 6.45) is 4.01. The first-order valence-electron chi connectivity index (χ1n) is 13.4. The maximum atomic E-state index is 13.6. The second kappa shape index (κ2) is 10.5. The fourth-order valence-corrected chi connectivity index (χ4v) is 6.08. The minimum Gasteiger partial charge on any atom is -0.395 e. The number of hydrogen-bond donors (Lipinski definition) is 3. The Labute approximate surface area is 227 Å². The van der Waals surface area contributed by atoms with Gasteiger partial charge in [-0.1, -0.05) is 6.07 Å². The number of anilines is 4. The number of aliphatic hydroxyl groups excluding tert-OH is 1. The molecule has 2 saturated heterocycles. The van der Waals surface area contributed by atoms with Gasteiger partial charge < -0.3 is 20.2 Å². The van der Waals surface area contributed by atoms with Gasteiger partial charge in [0, 0.05) is 39.0 Å². The van der Waals surface area contributed by atoms with Gasteiger partial charge >= 0.3 is 0 Å². The molecule has 3 heterocycles. The fourth-order valence-electron chi connectivity index (χ4n) is 5.23. The van der Waals surface area contributed by atoms with Crippen LogP contribution in [-0.4, -0.2) is 68.4 Å². The number of carbonyl (C=O) groups excluding carboxylic acids is 1. The lowest BCUT2D eigenvalue weighted by molar-refractivity contribution is -0.0221. The van der Waals surface area contributed by atoms with Crippen molar-refractivity contribution in [1.29, 1.82) is 0 Å². The molecule has 1 aromatic heterocycles. The highest BCUT2D eigenvalue weighted by Gasteiger charge is 2.44. The lowest BCUT2D eigenvalue weighted by atomic mass is 9.93. The number of piperidine rings is 2. The van der Waals surface area contributed by atoms with Crippen LogP contribution in [0.2, 0.25) is 0 Å². The molecule has 212 valence electrons. The molecule has 3 aliphatic rings. The maximum absolute atomic E-state index is 13.6. The first kappa shape index (κ1) is 27.6. The Hall–Kier alpha value is -2.99. The lowest BCUT2D eigenvalue weighted by Gasteiger charge is -2.35. The third kappa shape index (κ3) is 6.27. The zero-order valence-corrected chi connectivity index (χ0v) is 22.8. The molecule has 1 amide bonds. The largest absolute Gasteiger partial charge is 0.395 e. The first-order chi connectivity index (χ1) is 18.5. The van der Waals surface area contributed by atoms with Crippen molar-refractivity contribution in [2.24, 2.45) is 5.41 Å². The summed E-state index contributed by atoms with van der Waals surface area (Å²) in [4.78, 5) is 21.9. The normalized spacial score (nSPS) is 20.9. The topological polar surface area (TPSA) is 115 Å². The van der Waals surface area contributed by atoms with Crippen LogP contribution in [0.15, 0.2) is 36.4 Å². The van der Waals surface area contributed by atoms with Crippen molar-refractivity contribution < 1.29 is 27.1 Å². The van der Waals surface area contributed by atoms with Gasteiger partial charge in [-0.3, -0.25) is 9.52 Å². The summed E-state index contributed by atoms with van der Waals surface area (Å²) in [6, 6.07) is 9.90. The fraction of sp³-hybridized carbons (Fsp3) is 0.556. The molecule has 1 atom stereocenters. The Morgan fingerprint density at radius 2 is 1.69 bits per heavy atom. The van der Waals surface area contributed by atoms with Crippen molar-refractivity contribution in [2.45, 2.75) is 56.6 Å². The summed E-state index contributed by atoms with van der Waals surface area (Å²) in [5, 5.41) is 11.2. The van der Waals surface area contributed by atoms with Crippen LogP contribution in [0.25, 0.3) is 0 Å². The minimum atomic E-state index is -3.80. The predicted octanol–water partition coefficient (Wildman–Crippen LogP) is 4.07. The van der Waals surface area contributed by atoms with Gasteiger partial charge in [0.2, 0.25) is 10.0 Å². The van der Waals surface area contributed by atoms with E-state index in [0.717, 1.165) is 25.9 Å². The van der Waals surface area contributed by atoms with Gasteiger partial charge in [0.05, 0.1) is 23.5 Å². The molecule has 5 rings (SSSR count). The van der Waals surface area contributed by atoms with E-state index in [-0.39, 0.29) is 25.9 Å². The van der Waals surface area contributed by atoms with E-state index in [0.29, 0.717) is 34.0 Å². The van der Waals surface area contributed by atoms with E-state index in [4.69, 9.17) is 0 Å². The maximum Gasteiger partial charge on any atom is 0.258 e. The molecule has 2 aromatic rings. The van der Waals surface area contributed by atoms with Crippen molar-refractivity contribution in [1.82, 2.24) is 4.98 Å². The summed E-state index contributed by atoms with van der Waals surface area (Å²) in [7, 11) is -3.80. The quantitative estimate of drug-likeness (QED) is 0.444. The van der Waals surface area contributed by atoms with Crippen LogP contribution in [0.4, 0.5) is 31.8 Å². The number of hydrogen-bond acceptors (Lipinski definition) is 7. The Kier molecular flexibility index (Phi) is 7.45. The summed E-state index contributed by atoms with van der Waals surface area (Å²) in [5.41, 5.74) is 1.73. The summed E-state index contributed by atoms with van der Waals surface area (Å²) in [6.45, 7) is 2.80. The number of sulfonamides is 1. The van der Waals surface area contributed by atoms with E-state index >= 15 is 0 Å². The van der Waals surface area contributed by atoms with E-state index in [2.05, 4.69) is 19.9 Å². The minimum absolute atomic E-state index is 0.185. The number of pyridine rings is 1. The Bertz CT molecular complexity index is 1320. The Morgan fingerprint density at radius 3 is 2.33 bits per heavy atom.